The van der Waals surface area contributed by atoms with Crippen LogP contribution in [-0.4, -0.2) is 50.0 Å². The smallest absolute Gasteiger partial charge is 0.203 e. The molecular weight excluding hydrogens is 294 g/mol. The van der Waals surface area contributed by atoms with Gasteiger partial charge in [-0.25, -0.2) is 4.98 Å². The van der Waals surface area contributed by atoms with Gasteiger partial charge in [-0.15, -0.1) is 10.2 Å². The van der Waals surface area contributed by atoms with Crippen LogP contribution in [0.25, 0.3) is 5.65 Å². The average Bonchev–Trinajstić information content (AvgIpc) is 3.00. The van der Waals surface area contributed by atoms with Crippen LogP contribution in [0.15, 0.2) is 12.4 Å². The Morgan fingerprint density at radius 1 is 1.35 bits per heavy atom. The molecular formula is C16H23N5O2. The monoisotopic (exact) mass is 317 g/mol. The number of rotatable bonds is 3. The first-order valence-corrected chi connectivity index (χ1v) is 8.34. The second kappa shape index (κ2) is 5.42. The summed E-state index contributed by atoms with van der Waals surface area (Å²) in [5.74, 6) is 1.97. The van der Waals surface area contributed by atoms with Crippen molar-refractivity contribution in [1.29, 1.82) is 0 Å². The van der Waals surface area contributed by atoms with E-state index in [1.807, 2.05) is 10.6 Å². The van der Waals surface area contributed by atoms with Crippen molar-refractivity contribution < 1.29 is 9.84 Å². The second-order valence-electron chi connectivity index (χ2n) is 6.98. The van der Waals surface area contributed by atoms with Crippen LogP contribution < -0.4 is 5.32 Å². The molecule has 2 N–H and O–H groups in total. The van der Waals surface area contributed by atoms with Gasteiger partial charge >= 0.3 is 0 Å². The Bertz CT molecular complexity index is 708. The molecule has 7 nitrogen and oxygen atoms in total. The highest BCUT2D eigenvalue weighted by atomic mass is 16.5. The molecule has 124 valence electrons. The van der Waals surface area contributed by atoms with Gasteiger partial charge in [-0.1, -0.05) is 13.8 Å². The van der Waals surface area contributed by atoms with Gasteiger partial charge in [-0.2, -0.15) is 0 Å². The minimum absolute atomic E-state index is 0.0896. The fourth-order valence-corrected chi connectivity index (χ4v) is 3.90. The van der Waals surface area contributed by atoms with Gasteiger partial charge < -0.3 is 15.2 Å². The predicted molar refractivity (Wildman–Crippen MR) is 85.4 cm³/mol. The summed E-state index contributed by atoms with van der Waals surface area (Å²) in [5, 5.41) is 22.4. The number of nitrogens with zero attached hydrogens (tertiary/aromatic N) is 4. The van der Waals surface area contributed by atoms with Crippen molar-refractivity contribution in [2.24, 2.45) is 5.41 Å². The van der Waals surface area contributed by atoms with Crippen LogP contribution in [0, 0.1) is 5.41 Å². The zero-order valence-electron chi connectivity index (χ0n) is 13.6. The van der Waals surface area contributed by atoms with E-state index in [4.69, 9.17) is 4.74 Å². The fraction of sp³-hybridized carbons (Fsp3) is 0.688. The Hall–Kier alpha value is -1.73. The average molecular weight is 317 g/mol. The second-order valence-corrected chi connectivity index (χ2v) is 6.98. The number of aliphatic hydroxyl groups is 1. The summed E-state index contributed by atoms with van der Waals surface area (Å²) in [7, 11) is 0. The molecule has 0 radical (unpaired) electrons. The van der Waals surface area contributed by atoms with Crippen molar-refractivity contribution in [3.05, 3.63) is 18.2 Å². The van der Waals surface area contributed by atoms with Crippen molar-refractivity contribution in [3.63, 3.8) is 0 Å². The summed E-state index contributed by atoms with van der Waals surface area (Å²) in [6, 6.07) is 0.208. The summed E-state index contributed by atoms with van der Waals surface area (Å²) in [5.41, 5.74) is 0.660. The van der Waals surface area contributed by atoms with E-state index in [2.05, 4.69) is 34.3 Å². The third-order valence-electron chi connectivity index (χ3n) is 5.42. The lowest BCUT2D eigenvalue weighted by Crippen LogP contribution is -2.62. The molecule has 23 heavy (non-hydrogen) atoms. The Morgan fingerprint density at radius 3 is 2.83 bits per heavy atom. The lowest BCUT2D eigenvalue weighted by atomic mass is 9.58. The normalized spacial score (nSPS) is 26.6. The minimum atomic E-state index is -0.257. The van der Waals surface area contributed by atoms with Gasteiger partial charge in [-0.3, -0.25) is 4.40 Å². The lowest BCUT2D eigenvalue weighted by molar-refractivity contribution is -0.133. The predicted octanol–water partition coefficient (Wildman–Crippen LogP) is 1.59. The number of anilines is 1. The van der Waals surface area contributed by atoms with Gasteiger partial charge in [0.2, 0.25) is 5.65 Å². The van der Waals surface area contributed by atoms with Gasteiger partial charge in [0, 0.05) is 43.0 Å². The molecule has 1 spiro atoms. The van der Waals surface area contributed by atoms with Gasteiger partial charge in [0.25, 0.3) is 0 Å². The van der Waals surface area contributed by atoms with Crippen LogP contribution in [-0.2, 0) is 4.74 Å². The van der Waals surface area contributed by atoms with Gasteiger partial charge in [0.15, 0.2) is 5.82 Å². The summed E-state index contributed by atoms with van der Waals surface area (Å²) >= 11 is 0. The maximum Gasteiger partial charge on any atom is 0.203 e. The molecule has 0 bridgehead atoms. The molecule has 3 heterocycles. The molecule has 1 aliphatic heterocycles. The molecule has 0 unspecified atom stereocenters. The number of fused-ring (bicyclic) bond motifs is 1. The van der Waals surface area contributed by atoms with Crippen LogP contribution in [0.3, 0.4) is 0 Å². The van der Waals surface area contributed by atoms with E-state index in [9.17, 15) is 5.11 Å². The number of aliphatic hydroxyl groups excluding tert-OH is 1. The van der Waals surface area contributed by atoms with E-state index < -0.39 is 0 Å². The Morgan fingerprint density at radius 2 is 2.13 bits per heavy atom. The first kappa shape index (κ1) is 14.8. The van der Waals surface area contributed by atoms with Crippen LogP contribution in [0.5, 0.6) is 0 Å². The van der Waals surface area contributed by atoms with E-state index in [1.165, 1.54) is 0 Å². The molecule has 2 aromatic heterocycles. The number of aromatic nitrogens is 4. The molecule has 2 aromatic rings. The molecule has 7 heteroatoms. The van der Waals surface area contributed by atoms with Gasteiger partial charge in [-0.05, 0) is 19.3 Å². The molecule has 0 amide bonds. The third-order valence-corrected chi connectivity index (χ3v) is 5.42. The topological polar surface area (TPSA) is 84.6 Å². The molecule has 2 fully saturated rings. The lowest BCUT2D eigenvalue weighted by Gasteiger charge is -2.55. The first-order chi connectivity index (χ1) is 11.1. The number of hydrogen-bond donors (Lipinski definition) is 2. The van der Waals surface area contributed by atoms with Crippen molar-refractivity contribution in [2.45, 2.75) is 51.2 Å². The maximum absolute atomic E-state index is 10.3. The largest absolute Gasteiger partial charge is 0.392 e. The highest BCUT2D eigenvalue weighted by Gasteiger charge is 2.55. The van der Waals surface area contributed by atoms with Crippen LogP contribution in [0.2, 0.25) is 0 Å². The fourth-order valence-electron chi connectivity index (χ4n) is 3.90. The molecule has 4 rings (SSSR count). The summed E-state index contributed by atoms with van der Waals surface area (Å²) in [6.07, 6.45) is 5.94. The maximum atomic E-state index is 10.3. The van der Waals surface area contributed by atoms with Crippen LogP contribution in [0.1, 0.15) is 44.9 Å². The quantitative estimate of drug-likeness (QED) is 0.894. The van der Waals surface area contributed by atoms with E-state index in [0.29, 0.717) is 5.92 Å². The third kappa shape index (κ3) is 2.21. The molecule has 1 saturated carbocycles. The standard InChI is InChI=1S/C16H23N5O2/c1-10(2)14-19-20-15-13(17-5-6-21(14)15)18-11-9-12(22)16(11)3-7-23-8-4-16/h5-6,10-12,22H,3-4,7-9H2,1-2H3,(H,17,18)/t11-,12-/m1/s1. The Kier molecular flexibility index (Phi) is 3.50. The van der Waals surface area contributed by atoms with Crippen LogP contribution >= 0.6 is 0 Å². The van der Waals surface area contributed by atoms with Gasteiger partial charge in [0.1, 0.15) is 5.82 Å². The zero-order chi connectivity index (χ0) is 16.0. The van der Waals surface area contributed by atoms with Crippen LogP contribution in [0.4, 0.5) is 5.82 Å². The van der Waals surface area contributed by atoms with Gasteiger partial charge in [0.05, 0.1) is 6.10 Å². The van der Waals surface area contributed by atoms with E-state index in [0.717, 1.165) is 49.8 Å². The van der Waals surface area contributed by atoms with Crippen molar-refractivity contribution in [3.8, 4) is 0 Å². The molecule has 2 atom stereocenters. The summed E-state index contributed by atoms with van der Waals surface area (Å²) in [6.45, 7) is 5.64. The van der Waals surface area contributed by atoms with Crippen molar-refractivity contribution >= 4 is 11.5 Å². The molecule has 1 saturated heterocycles. The minimum Gasteiger partial charge on any atom is -0.392 e. The number of nitrogens with one attached hydrogen (secondary N) is 1. The summed E-state index contributed by atoms with van der Waals surface area (Å²) in [4.78, 5) is 4.46. The highest BCUT2D eigenvalue weighted by Crippen LogP contribution is 2.50. The number of hydrogen-bond acceptors (Lipinski definition) is 6. The highest BCUT2D eigenvalue weighted by molar-refractivity contribution is 5.63. The Balaban J connectivity index is 1.63. The SMILES string of the molecule is CC(C)c1nnc2c(N[C@@H]3C[C@@H](O)C34CCOCC4)nccn12. The molecule has 2 aliphatic rings. The zero-order valence-corrected chi connectivity index (χ0v) is 13.6. The Labute approximate surface area is 135 Å². The summed E-state index contributed by atoms with van der Waals surface area (Å²) < 4.78 is 7.46. The first-order valence-electron chi connectivity index (χ1n) is 8.34. The van der Waals surface area contributed by atoms with E-state index in [-0.39, 0.29) is 17.6 Å². The number of ether oxygens (including phenoxy) is 1. The van der Waals surface area contributed by atoms with E-state index in [1.54, 1.807) is 6.20 Å². The van der Waals surface area contributed by atoms with Crippen molar-refractivity contribution in [2.75, 3.05) is 18.5 Å². The van der Waals surface area contributed by atoms with Crippen molar-refractivity contribution in [1.82, 2.24) is 19.6 Å². The molecule has 1 aliphatic carbocycles. The van der Waals surface area contributed by atoms with E-state index >= 15 is 0 Å². The molecule has 0 aromatic carbocycles.